The van der Waals surface area contributed by atoms with Crippen molar-refractivity contribution in [2.75, 3.05) is 50.6 Å². The molecular weight excluding hydrogens is 517 g/mol. The zero-order valence-corrected chi connectivity index (χ0v) is 20.6. The molecule has 3 aromatic rings. The summed E-state index contributed by atoms with van der Waals surface area (Å²) < 4.78 is 24.8. The van der Waals surface area contributed by atoms with Crippen LogP contribution in [0.4, 0.5) is 21.5 Å². The maximum Gasteiger partial charge on any atom is 0.248 e. The number of aromatic nitrogens is 1. The highest BCUT2D eigenvalue weighted by Gasteiger charge is 2.17. The summed E-state index contributed by atoms with van der Waals surface area (Å²) in [6.07, 6.45) is 4.71. The number of rotatable bonds is 7. The molecule has 0 atom stereocenters. The third kappa shape index (κ3) is 5.77. The van der Waals surface area contributed by atoms with Gasteiger partial charge in [-0.15, -0.1) is 0 Å². The minimum absolute atomic E-state index is 0.290. The van der Waals surface area contributed by atoms with Crippen molar-refractivity contribution in [2.24, 2.45) is 0 Å². The van der Waals surface area contributed by atoms with Gasteiger partial charge in [-0.05, 0) is 46.3 Å². The van der Waals surface area contributed by atoms with E-state index in [9.17, 15) is 14.4 Å². The maximum absolute atomic E-state index is 13.7. The molecule has 1 amide bonds. The molecule has 0 saturated carbocycles. The van der Waals surface area contributed by atoms with Crippen LogP contribution in [0.5, 0.6) is 5.75 Å². The van der Waals surface area contributed by atoms with Crippen LogP contribution >= 0.6 is 15.9 Å². The van der Waals surface area contributed by atoms with Gasteiger partial charge >= 0.3 is 0 Å². The summed E-state index contributed by atoms with van der Waals surface area (Å²) in [7, 11) is 1.50. The van der Waals surface area contributed by atoms with E-state index in [2.05, 4.69) is 42.5 Å². The van der Waals surface area contributed by atoms with E-state index in [1.54, 1.807) is 30.3 Å². The number of nitrogens with zero attached hydrogens (tertiary/aromatic N) is 3. The smallest absolute Gasteiger partial charge is 0.248 e. The second-order valence-corrected chi connectivity index (χ2v) is 8.61. The Hall–Kier alpha value is -3.52. The Balaban J connectivity index is 1.65. The van der Waals surface area contributed by atoms with Gasteiger partial charge in [-0.3, -0.25) is 14.7 Å². The minimum atomic E-state index is -0.396. The number of morpholine rings is 1. The lowest BCUT2D eigenvalue weighted by molar-refractivity contribution is -0.111. The number of nitriles is 1. The molecule has 0 spiro atoms. The highest BCUT2D eigenvalue weighted by atomic mass is 79.9. The number of carbonyl (C=O) groups is 1. The van der Waals surface area contributed by atoms with Crippen LogP contribution in [0.1, 0.15) is 5.56 Å². The first-order valence-corrected chi connectivity index (χ1v) is 11.7. The zero-order chi connectivity index (χ0) is 24.8. The first kappa shape index (κ1) is 24.6. The topological polar surface area (TPSA) is 99.5 Å². The Kier molecular flexibility index (Phi) is 7.92. The summed E-state index contributed by atoms with van der Waals surface area (Å²) in [5.74, 6) is -0.292. The number of nitrogens with one attached hydrogen (secondary N) is 2. The first-order chi connectivity index (χ1) is 17.0. The molecule has 0 bridgehead atoms. The molecule has 1 aliphatic heterocycles. The molecule has 2 N–H and O–H groups in total. The summed E-state index contributed by atoms with van der Waals surface area (Å²) >= 11 is 3.18. The summed E-state index contributed by atoms with van der Waals surface area (Å²) in [4.78, 5) is 19.3. The molecule has 1 saturated heterocycles. The fourth-order valence-electron chi connectivity index (χ4n) is 3.73. The van der Waals surface area contributed by atoms with Crippen LogP contribution in [0.15, 0.2) is 53.2 Å². The van der Waals surface area contributed by atoms with E-state index in [-0.39, 0.29) is 10.4 Å². The monoisotopic (exact) mass is 539 g/mol. The largest absolute Gasteiger partial charge is 0.494 e. The molecule has 180 valence electrons. The van der Waals surface area contributed by atoms with Crippen molar-refractivity contribution in [2.45, 2.75) is 0 Å². The van der Waals surface area contributed by atoms with Crippen molar-refractivity contribution in [3.05, 3.63) is 64.5 Å². The van der Waals surface area contributed by atoms with Crippen molar-refractivity contribution in [3.63, 3.8) is 0 Å². The predicted molar refractivity (Wildman–Crippen MR) is 135 cm³/mol. The van der Waals surface area contributed by atoms with Crippen LogP contribution in [0.25, 0.3) is 10.9 Å². The number of halogens is 2. The van der Waals surface area contributed by atoms with Crippen molar-refractivity contribution >= 4 is 49.8 Å². The number of benzene rings is 2. The number of ether oxygens (including phenoxy) is 2. The lowest BCUT2D eigenvalue weighted by atomic mass is 10.1. The molecule has 1 aromatic heterocycles. The Morgan fingerprint density at radius 3 is 2.83 bits per heavy atom. The number of amides is 1. The summed E-state index contributed by atoms with van der Waals surface area (Å²) in [6, 6.07) is 10.0. The van der Waals surface area contributed by atoms with E-state index in [1.807, 2.05) is 0 Å². The van der Waals surface area contributed by atoms with Crippen LogP contribution in [0, 0.1) is 17.1 Å². The Bertz CT molecular complexity index is 1320. The molecule has 2 aromatic carbocycles. The third-order valence-corrected chi connectivity index (χ3v) is 6.12. The van der Waals surface area contributed by atoms with Crippen LogP contribution in [-0.2, 0) is 9.53 Å². The highest BCUT2D eigenvalue weighted by Crippen LogP contribution is 2.38. The van der Waals surface area contributed by atoms with Gasteiger partial charge in [-0.1, -0.05) is 6.08 Å². The molecule has 1 aliphatic rings. The quantitative estimate of drug-likeness (QED) is 0.423. The number of anilines is 3. The summed E-state index contributed by atoms with van der Waals surface area (Å²) in [6.45, 7) is 3.68. The predicted octanol–water partition coefficient (Wildman–Crippen LogP) is 4.59. The Morgan fingerprint density at radius 2 is 2.11 bits per heavy atom. The fourth-order valence-corrected chi connectivity index (χ4v) is 4.11. The lowest BCUT2D eigenvalue weighted by Gasteiger charge is -2.25. The molecule has 0 radical (unpaired) electrons. The number of methoxy groups -OCH3 is 1. The maximum atomic E-state index is 13.7. The second-order valence-electron chi connectivity index (χ2n) is 7.76. The molecule has 35 heavy (non-hydrogen) atoms. The van der Waals surface area contributed by atoms with Gasteiger partial charge in [0.15, 0.2) is 0 Å². The van der Waals surface area contributed by atoms with E-state index < -0.39 is 5.82 Å². The normalized spacial score (nSPS) is 14.1. The molecule has 0 unspecified atom stereocenters. The zero-order valence-electron chi connectivity index (χ0n) is 19.0. The van der Waals surface area contributed by atoms with Gasteiger partial charge in [-0.2, -0.15) is 5.26 Å². The van der Waals surface area contributed by atoms with E-state index in [1.165, 1.54) is 25.4 Å². The second kappa shape index (κ2) is 11.3. The molecule has 8 nitrogen and oxygen atoms in total. The number of pyridine rings is 1. The first-order valence-electron chi connectivity index (χ1n) is 10.9. The van der Waals surface area contributed by atoms with Gasteiger partial charge in [0.2, 0.25) is 5.91 Å². The number of hydrogen-bond donors (Lipinski definition) is 2. The van der Waals surface area contributed by atoms with E-state index in [0.717, 1.165) is 13.1 Å². The SMILES string of the molecule is COc1ccc2c(Nc3ccc(F)c(Br)c3)c(C#N)cnc2c1NC(=O)C=CCN1CCOCC1. The van der Waals surface area contributed by atoms with E-state index in [4.69, 9.17) is 9.47 Å². The molecule has 2 heterocycles. The van der Waals surface area contributed by atoms with Crippen LogP contribution in [0.2, 0.25) is 0 Å². The molecular formula is C25H23BrFN5O3. The summed E-state index contributed by atoms with van der Waals surface area (Å²) in [5.41, 5.74) is 2.19. The Labute approximate surface area is 210 Å². The van der Waals surface area contributed by atoms with Crippen molar-refractivity contribution in [3.8, 4) is 11.8 Å². The van der Waals surface area contributed by atoms with Gasteiger partial charge in [0.25, 0.3) is 0 Å². The standard InChI is InChI=1S/C25H23BrFN5O3/c1-34-21-7-5-18-23(30-17-4-6-20(27)19(26)13-17)16(14-28)15-29-24(18)25(21)31-22(33)3-2-8-32-9-11-35-12-10-32/h2-7,13,15H,8-12H2,1H3,(H,29,30)(H,31,33). The lowest BCUT2D eigenvalue weighted by Crippen LogP contribution is -2.36. The molecule has 10 heteroatoms. The third-order valence-electron chi connectivity index (χ3n) is 5.52. The average Bonchev–Trinajstić information content (AvgIpc) is 2.87. The van der Waals surface area contributed by atoms with Gasteiger partial charge in [-0.25, -0.2) is 4.39 Å². The number of hydrogen-bond acceptors (Lipinski definition) is 7. The van der Waals surface area contributed by atoms with Gasteiger partial charge < -0.3 is 20.1 Å². The molecule has 0 aliphatic carbocycles. The van der Waals surface area contributed by atoms with Crippen LogP contribution < -0.4 is 15.4 Å². The Morgan fingerprint density at radius 1 is 1.31 bits per heavy atom. The summed E-state index contributed by atoms with van der Waals surface area (Å²) in [5, 5.41) is 16.3. The van der Waals surface area contributed by atoms with Crippen molar-refractivity contribution in [1.82, 2.24) is 9.88 Å². The number of fused-ring (bicyclic) bond motifs is 1. The minimum Gasteiger partial charge on any atom is -0.494 e. The molecule has 4 rings (SSSR count). The van der Waals surface area contributed by atoms with Gasteiger partial charge in [0, 0.05) is 43.0 Å². The van der Waals surface area contributed by atoms with Crippen molar-refractivity contribution in [1.29, 1.82) is 5.26 Å². The molecule has 1 fully saturated rings. The van der Waals surface area contributed by atoms with Crippen LogP contribution in [0.3, 0.4) is 0 Å². The van der Waals surface area contributed by atoms with Crippen LogP contribution in [-0.4, -0.2) is 55.7 Å². The van der Waals surface area contributed by atoms with Gasteiger partial charge in [0.1, 0.15) is 23.3 Å². The van der Waals surface area contributed by atoms with E-state index in [0.29, 0.717) is 59.0 Å². The van der Waals surface area contributed by atoms with E-state index >= 15 is 0 Å². The highest BCUT2D eigenvalue weighted by molar-refractivity contribution is 9.10. The number of carbonyl (C=O) groups excluding carboxylic acids is 1. The van der Waals surface area contributed by atoms with Crippen molar-refractivity contribution < 1.29 is 18.7 Å². The fraction of sp³-hybridized carbons (Fsp3) is 0.240. The average molecular weight is 540 g/mol. The van der Waals surface area contributed by atoms with Gasteiger partial charge in [0.05, 0.1) is 41.6 Å².